The molecule has 19 heavy (non-hydrogen) atoms. The molecular weight excluding hydrogens is 268 g/mol. The fraction of sp³-hybridized carbons (Fsp3) is 0.889. The lowest BCUT2D eigenvalue weighted by atomic mass is 10.0. The molecule has 8 N–H and O–H groups in total. The zero-order valence-electron chi connectivity index (χ0n) is 9.77. The second kappa shape index (κ2) is 8.35. The van der Waals surface area contributed by atoms with Crippen molar-refractivity contribution in [2.75, 3.05) is 13.2 Å². The smallest absolute Gasteiger partial charge is 0.340 e. The van der Waals surface area contributed by atoms with Gasteiger partial charge in [-0.05, 0) is 0 Å². The fourth-order valence-electron chi connectivity index (χ4n) is 1.02. The molecule has 0 spiro atoms. The Bertz CT molecular complexity index is 272. The highest BCUT2D eigenvalue weighted by atomic mass is 16.7. The molecule has 0 aliphatic rings. The molecule has 0 heterocycles. The van der Waals surface area contributed by atoms with Crippen LogP contribution in [0.1, 0.15) is 0 Å². The summed E-state index contributed by atoms with van der Waals surface area (Å²) >= 11 is 0. The third-order valence-electron chi connectivity index (χ3n) is 2.25. The molecule has 0 aromatic heterocycles. The van der Waals surface area contributed by atoms with Gasteiger partial charge in [0.05, 0.1) is 13.2 Å². The molecule has 6 unspecified atom stereocenters. The normalized spacial score (nSPS) is 21.1. The first-order chi connectivity index (χ1) is 8.76. The number of rotatable bonds is 8. The van der Waals surface area contributed by atoms with Crippen molar-refractivity contribution in [1.82, 2.24) is 0 Å². The van der Waals surface area contributed by atoms with Crippen molar-refractivity contribution in [2.24, 2.45) is 0 Å². The van der Waals surface area contributed by atoms with Crippen LogP contribution in [-0.2, 0) is 9.53 Å². The van der Waals surface area contributed by atoms with E-state index in [-0.39, 0.29) is 0 Å². The molecule has 0 rings (SSSR count). The summed E-state index contributed by atoms with van der Waals surface area (Å²) in [5.74, 6) is -1.60. The molecule has 0 aliphatic carbocycles. The van der Waals surface area contributed by atoms with E-state index < -0.39 is 56.0 Å². The zero-order chi connectivity index (χ0) is 15.2. The van der Waals surface area contributed by atoms with E-state index in [2.05, 4.69) is 4.74 Å². The van der Waals surface area contributed by atoms with Crippen LogP contribution in [0.25, 0.3) is 0 Å². The van der Waals surface area contributed by atoms with Crippen LogP contribution in [0, 0.1) is 0 Å². The molecule has 0 radical (unpaired) electrons. The van der Waals surface area contributed by atoms with Crippen molar-refractivity contribution >= 4 is 5.97 Å². The quantitative estimate of drug-likeness (QED) is 0.158. The minimum absolute atomic E-state index is 0.918. The number of esters is 1. The highest BCUT2D eigenvalue weighted by Crippen LogP contribution is 2.08. The molecule has 6 atom stereocenters. The van der Waals surface area contributed by atoms with Crippen LogP contribution in [0.2, 0.25) is 0 Å². The van der Waals surface area contributed by atoms with E-state index in [1.54, 1.807) is 0 Å². The van der Waals surface area contributed by atoms with Gasteiger partial charge in [0.15, 0.2) is 6.10 Å². The second-order valence-corrected chi connectivity index (χ2v) is 3.75. The summed E-state index contributed by atoms with van der Waals surface area (Å²) in [6.07, 6.45) is -12.3. The van der Waals surface area contributed by atoms with E-state index in [1.807, 2.05) is 0 Å². The minimum Gasteiger partial charge on any atom is -0.431 e. The summed E-state index contributed by atoms with van der Waals surface area (Å²) in [4.78, 5) is 11.2. The number of carbonyl (C=O) groups is 1. The molecule has 0 bridgehead atoms. The summed E-state index contributed by atoms with van der Waals surface area (Å²) in [7, 11) is 0. The topological polar surface area (TPSA) is 188 Å². The lowest BCUT2D eigenvalue weighted by Gasteiger charge is -2.25. The molecule has 0 aromatic carbocycles. The van der Waals surface area contributed by atoms with Crippen LogP contribution in [0.15, 0.2) is 0 Å². The average molecular weight is 286 g/mol. The Morgan fingerprint density at radius 3 is 1.74 bits per heavy atom. The summed E-state index contributed by atoms with van der Waals surface area (Å²) in [6, 6.07) is 0. The number of hydrogen-bond acceptors (Lipinski definition) is 10. The average Bonchev–Trinajstić information content (AvgIpc) is 2.42. The van der Waals surface area contributed by atoms with Crippen LogP contribution in [0.3, 0.4) is 0 Å². The highest BCUT2D eigenvalue weighted by molar-refractivity contribution is 5.75. The van der Waals surface area contributed by atoms with Crippen LogP contribution >= 0.6 is 0 Å². The number of hydrogen-bond donors (Lipinski definition) is 8. The molecule has 114 valence electrons. The first kappa shape index (κ1) is 18.1. The minimum atomic E-state index is -2.34. The Balaban J connectivity index is 4.47. The molecule has 0 aliphatic heterocycles. The third-order valence-corrected chi connectivity index (χ3v) is 2.25. The predicted molar refractivity (Wildman–Crippen MR) is 56.3 cm³/mol. The van der Waals surface area contributed by atoms with Gasteiger partial charge in [0.1, 0.15) is 24.4 Å². The van der Waals surface area contributed by atoms with Gasteiger partial charge in [-0.25, -0.2) is 4.79 Å². The monoisotopic (exact) mass is 286 g/mol. The largest absolute Gasteiger partial charge is 0.431 e. The zero-order valence-corrected chi connectivity index (χ0v) is 9.77. The number of carbonyl (C=O) groups excluding carboxylic acids is 1. The molecule has 10 heteroatoms. The van der Waals surface area contributed by atoms with E-state index in [4.69, 9.17) is 25.5 Å². The Morgan fingerprint density at radius 1 is 0.842 bits per heavy atom. The molecule has 0 saturated heterocycles. The van der Waals surface area contributed by atoms with Gasteiger partial charge in [0.25, 0.3) is 0 Å². The Labute approximate surface area is 107 Å². The lowest BCUT2D eigenvalue weighted by molar-refractivity contribution is -0.207. The van der Waals surface area contributed by atoms with Crippen molar-refractivity contribution in [2.45, 2.75) is 36.8 Å². The fourth-order valence-corrected chi connectivity index (χ4v) is 1.02. The standard InChI is InChI=1S/C9H18O10/c10-1-3(12)5(14)6(15)7(16)9(18)19-8(17)4(13)2-11/h3-8,10-17H,1-2H2. The van der Waals surface area contributed by atoms with E-state index in [0.29, 0.717) is 0 Å². The third kappa shape index (κ3) is 5.34. The van der Waals surface area contributed by atoms with Gasteiger partial charge < -0.3 is 45.6 Å². The van der Waals surface area contributed by atoms with Crippen molar-refractivity contribution in [3.8, 4) is 0 Å². The molecule has 0 saturated carbocycles. The van der Waals surface area contributed by atoms with Gasteiger partial charge in [-0.15, -0.1) is 0 Å². The Kier molecular flexibility index (Phi) is 7.97. The first-order valence-corrected chi connectivity index (χ1v) is 5.26. The summed E-state index contributed by atoms with van der Waals surface area (Å²) < 4.78 is 4.09. The maximum absolute atomic E-state index is 11.2. The molecule has 10 nitrogen and oxygen atoms in total. The van der Waals surface area contributed by atoms with Crippen molar-refractivity contribution in [3.05, 3.63) is 0 Å². The van der Waals surface area contributed by atoms with Crippen LogP contribution in [0.4, 0.5) is 0 Å². The van der Waals surface area contributed by atoms with Gasteiger partial charge >= 0.3 is 5.97 Å². The van der Waals surface area contributed by atoms with Crippen molar-refractivity contribution in [1.29, 1.82) is 0 Å². The van der Waals surface area contributed by atoms with E-state index in [1.165, 1.54) is 0 Å². The predicted octanol–water partition coefficient (Wildman–Crippen LogP) is -5.36. The second-order valence-electron chi connectivity index (χ2n) is 3.75. The van der Waals surface area contributed by atoms with Gasteiger partial charge in [-0.1, -0.05) is 0 Å². The summed E-state index contributed by atoms with van der Waals surface area (Å²) in [5, 5.41) is 71.6. The van der Waals surface area contributed by atoms with Gasteiger partial charge in [0, 0.05) is 0 Å². The van der Waals surface area contributed by atoms with Crippen LogP contribution in [0.5, 0.6) is 0 Å². The van der Waals surface area contributed by atoms with Gasteiger partial charge in [0.2, 0.25) is 6.29 Å². The maximum Gasteiger partial charge on any atom is 0.340 e. The van der Waals surface area contributed by atoms with E-state index in [9.17, 15) is 20.1 Å². The maximum atomic E-state index is 11.2. The highest BCUT2D eigenvalue weighted by Gasteiger charge is 2.36. The SMILES string of the molecule is O=C(OC(O)C(O)CO)C(O)C(O)C(O)C(O)CO. The van der Waals surface area contributed by atoms with Crippen molar-refractivity contribution < 1.29 is 50.4 Å². The van der Waals surface area contributed by atoms with Crippen molar-refractivity contribution in [3.63, 3.8) is 0 Å². The van der Waals surface area contributed by atoms with Crippen LogP contribution < -0.4 is 0 Å². The molecule has 0 fully saturated rings. The van der Waals surface area contributed by atoms with Crippen LogP contribution in [-0.4, -0.2) is 96.8 Å². The summed E-state index contributed by atoms with van der Waals surface area (Å²) in [5.41, 5.74) is 0. The molecular formula is C9H18O10. The van der Waals surface area contributed by atoms with Gasteiger partial charge in [-0.3, -0.25) is 0 Å². The summed E-state index contributed by atoms with van der Waals surface area (Å²) in [6.45, 7) is -1.84. The molecule has 0 amide bonds. The Hall–Kier alpha value is -0.850. The number of aliphatic hydroxyl groups is 8. The first-order valence-electron chi connectivity index (χ1n) is 5.26. The Morgan fingerprint density at radius 2 is 1.32 bits per heavy atom. The van der Waals surface area contributed by atoms with Gasteiger partial charge in [-0.2, -0.15) is 0 Å². The van der Waals surface area contributed by atoms with E-state index in [0.717, 1.165) is 0 Å². The molecule has 0 aromatic rings. The number of aliphatic hydroxyl groups excluding tert-OH is 8. The number of ether oxygens (including phenoxy) is 1. The van der Waals surface area contributed by atoms with E-state index >= 15 is 0 Å². The lowest BCUT2D eigenvalue weighted by Crippen LogP contribution is -2.50.